The maximum atomic E-state index is 5.46. The summed E-state index contributed by atoms with van der Waals surface area (Å²) in [5, 5.41) is 7.25. The molecule has 0 radical (unpaired) electrons. The third-order valence-electron chi connectivity index (χ3n) is 3.75. The van der Waals surface area contributed by atoms with Crippen molar-refractivity contribution in [2.75, 3.05) is 12.0 Å². The zero-order valence-electron chi connectivity index (χ0n) is 14.6. The van der Waals surface area contributed by atoms with Crippen LogP contribution in [-0.2, 0) is 0 Å². The molecule has 0 saturated carbocycles. The minimum atomic E-state index is 0.668. The van der Waals surface area contributed by atoms with E-state index in [-0.39, 0.29) is 0 Å². The number of aromatic nitrogens is 1. The average Bonchev–Trinajstić information content (AvgIpc) is 3.10. The van der Waals surface area contributed by atoms with Gasteiger partial charge in [0.25, 0.3) is 0 Å². The molecule has 5 heteroatoms. The molecule has 0 amide bonds. The van der Waals surface area contributed by atoms with Gasteiger partial charge in [-0.05, 0) is 50.6 Å². The SMILES string of the molecule is CCOc1ccc(C(C)=NNc2nc(-c3ccc(C)cc3)cs2)cc1. The zero-order chi connectivity index (χ0) is 17.6. The molecule has 0 saturated heterocycles. The third-order valence-corrected chi connectivity index (χ3v) is 4.50. The molecule has 1 N–H and O–H groups in total. The van der Waals surface area contributed by atoms with E-state index >= 15 is 0 Å². The van der Waals surface area contributed by atoms with Gasteiger partial charge in [-0.2, -0.15) is 5.10 Å². The van der Waals surface area contributed by atoms with Crippen LogP contribution in [0.3, 0.4) is 0 Å². The molecule has 3 rings (SSSR count). The van der Waals surface area contributed by atoms with E-state index in [1.54, 1.807) is 11.3 Å². The number of nitrogens with one attached hydrogen (secondary N) is 1. The van der Waals surface area contributed by atoms with Crippen LogP contribution >= 0.6 is 11.3 Å². The molecule has 0 aliphatic rings. The van der Waals surface area contributed by atoms with E-state index < -0.39 is 0 Å². The number of nitrogens with zero attached hydrogens (tertiary/aromatic N) is 2. The van der Waals surface area contributed by atoms with Gasteiger partial charge in [-0.15, -0.1) is 11.3 Å². The molecule has 3 aromatic rings. The molecule has 4 nitrogen and oxygen atoms in total. The number of hydrogen-bond acceptors (Lipinski definition) is 5. The number of aryl methyl sites for hydroxylation is 1. The van der Waals surface area contributed by atoms with E-state index in [2.05, 4.69) is 46.7 Å². The van der Waals surface area contributed by atoms with Crippen molar-refractivity contribution in [2.45, 2.75) is 20.8 Å². The van der Waals surface area contributed by atoms with Crippen LogP contribution < -0.4 is 10.2 Å². The van der Waals surface area contributed by atoms with E-state index in [0.717, 1.165) is 33.4 Å². The van der Waals surface area contributed by atoms with Crippen LogP contribution in [0.5, 0.6) is 5.75 Å². The van der Waals surface area contributed by atoms with E-state index in [4.69, 9.17) is 4.74 Å². The predicted octanol–water partition coefficient (Wildman–Crippen LogP) is 5.35. The number of anilines is 1. The first-order valence-corrected chi connectivity index (χ1v) is 9.10. The van der Waals surface area contributed by atoms with Gasteiger partial charge in [-0.1, -0.05) is 29.8 Å². The molecule has 0 unspecified atom stereocenters. The molecule has 1 heterocycles. The van der Waals surface area contributed by atoms with Gasteiger partial charge in [0.2, 0.25) is 5.13 Å². The number of benzene rings is 2. The van der Waals surface area contributed by atoms with Crippen LogP contribution in [0.2, 0.25) is 0 Å². The summed E-state index contributed by atoms with van der Waals surface area (Å²) in [6.07, 6.45) is 0. The lowest BCUT2D eigenvalue weighted by molar-refractivity contribution is 0.340. The van der Waals surface area contributed by atoms with Crippen LogP contribution in [0.15, 0.2) is 59.0 Å². The first-order chi connectivity index (χ1) is 12.2. The van der Waals surface area contributed by atoms with E-state index in [1.807, 2.05) is 43.5 Å². The molecule has 0 bridgehead atoms. The number of thiazole rings is 1. The van der Waals surface area contributed by atoms with Gasteiger partial charge in [0.15, 0.2) is 0 Å². The van der Waals surface area contributed by atoms with Crippen LogP contribution in [-0.4, -0.2) is 17.3 Å². The molecule has 0 aliphatic heterocycles. The van der Waals surface area contributed by atoms with Gasteiger partial charge in [-0.25, -0.2) is 4.98 Å². The molecule has 25 heavy (non-hydrogen) atoms. The van der Waals surface area contributed by atoms with Gasteiger partial charge < -0.3 is 4.74 Å². The topological polar surface area (TPSA) is 46.5 Å². The normalized spacial score (nSPS) is 11.4. The van der Waals surface area contributed by atoms with Crippen LogP contribution in [0, 0.1) is 6.92 Å². The number of hydrazone groups is 1. The van der Waals surface area contributed by atoms with Crippen molar-refractivity contribution in [3.63, 3.8) is 0 Å². The lowest BCUT2D eigenvalue weighted by atomic mass is 10.1. The lowest BCUT2D eigenvalue weighted by Gasteiger charge is -2.05. The van der Waals surface area contributed by atoms with E-state index in [1.165, 1.54) is 5.56 Å². The Morgan fingerprint density at radius 3 is 2.52 bits per heavy atom. The number of hydrogen-bond donors (Lipinski definition) is 1. The predicted molar refractivity (Wildman–Crippen MR) is 106 cm³/mol. The van der Waals surface area contributed by atoms with Gasteiger partial charge in [0.05, 0.1) is 18.0 Å². The Morgan fingerprint density at radius 1 is 1.12 bits per heavy atom. The molecule has 1 aromatic heterocycles. The maximum Gasteiger partial charge on any atom is 0.203 e. The summed E-state index contributed by atoms with van der Waals surface area (Å²) >= 11 is 1.55. The Morgan fingerprint density at radius 2 is 1.84 bits per heavy atom. The second-order valence-corrected chi connectivity index (χ2v) is 6.53. The highest BCUT2D eigenvalue weighted by molar-refractivity contribution is 7.14. The summed E-state index contributed by atoms with van der Waals surface area (Å²) in [7, 11) is 0. The Hall–Kier alpha value is -2.66. The van der Waals surface area contributed by atoms with Crippen molar-refractivity contribution in [3.05, 3.63) is 65.0 Å². The highest BCUT2D eigenvalue weighted by atomic mass is 32.1. The summed E-state index contributed by atoms with van der Waals surface area (Å²) in [6, 6.07) is 16.3. The molecular formula is C20H21N3OS. The van der Waals surface area contributed by atoms with Crippen molar-refractivity contribution < 1.29 is 4.74 Å². The Bertz CT molecular complexity index is 851. The van der Waals surface area contributed by atoms with Crippen LogP contribution in [0.1, 0.15) is 25.0 Å². The summed E-state index contributed by atoms with van der Waals surface area (Å²) in [5.41, 5.74) is 8.31. The highest BCUT2D eigenvalue weighted by Gasteiger charge is 2.04. The Labute approximate surface area is 152 Å². The van der Waals surface area contributed by atoms with E-state index in [0.29, 0.717) is 6.61 Å². The molecule has 0 spiro atoms. The van der Waals surface area contributed by atoms with Crippen LogP contribution in [0.25, 0.3) is 11.3 Å². The lowest BCUT2D eigenvalue weighted by Crippen LogP contribution is -2.00. The highest BCUT2D eigenvalue weighted by Crippen LogP contribution is 2.25. The van der Waals surface area contributed by atoms with Crippen molar-refractivity contribution in [1.29, 1.82) is 0 Å². The Balaban J connectivity index is 1.68. The van der Waals surface area contributed by atoms with E-state index in [9.17, 15) is 0 Å². The fourth-order valence-electron chi connectivity index (χ4n) is 2.34. The summed E-state index contributed by atoms with van der Waals surface area (Å²) < 4.78 is 5.46. The van der Waals surface area contributed by atoms with Crippen molar-refractivity contribution in [1.82, 2.24) is 4.98 Å². The third kappa shape index (κ3) is 4.45. The average molecular weight is 351 g/mol. The zero-order valence-corrected chi connectivity index (χ0v) is 15.4. The maximum absolute atomic E-state index is 5.46. The standard InChI is InChI=1S/C20H21N3OS/c1-4-24-18-11-9-16(10-12-18)15(3)22-23-20-21-19(13-25-20)17-7-5-14(2)6-8-17/h5-13H,4H2,1-3H3,(H,21,23). The summed E-state index contributed by atoms with van der Waals surface area (Å²) in [6.45, 7) is 6.69. The summed E-state index contributed by atoms with van der Waals surface area (Å²) in [4.78, 5) is 4.59. The summed E-state index contributed by atoms with van der Waals surface area (Å²) in [5.74, 6) is 0.870. The van der Waals surface area contributed by atoms with Crippen molar-refractivity contribution in [3.8, 4) is 17.0 Å². The monoisotopic (exact) mass is 351 g/mol. The number of ether oxygens (including phenoxy) is 1. The molecule has 0 atom stereocenters. The second kappa shape index (κ2) is 7.94. The molecule has 0 fully saturated rings. The molecule has 128 valence electrons. The molecule has 0 aliphatic carbocycles. The molecular weight excluding hydrogens is 330 g/mol. The Kier molecular flexibility index (Phi) is 5.46. The largest absolute Gasteiger partial charge is 0.494 e. The number of rotatable bonds is 6. The van der Waals surface area contributed by atoms with Crippen molar-refractivity contribution >= 4 is 22.2 Å². The smallest absolute Gasteiger partial charge is 0.203 e. The van der Waals surface area contributed by atoms with Gasteiger partial charge in [0.1, 0.15) is 5.75 Å². The second-order valence-electron chi connectivity index (χ2n) is 5.67. The fraction of sp³-hybridized carbons (Fsp3) is 0.200. The van der Waals surface area contributed by atoms with Gasteiger partial charge >= 0.3 is 0 Å². The van der Waals surface area contributed by atoms with Crippen LogP contribution in [0.4, 0.5) is 5.13 Å². The minimum Gasteiger partial charge on any atom is -0.494 e. The quantitative estimate of drug-likeness (QED) is 0.481. The van der Waals surface area contributed by atoms with Gasteiger partial charge in [0, 0.05) is 10.9 Å². The fourth-order valence-corrected chi connectivity index (χ4v) is 3.00. The molecule has 2 aromatic carbocycles. The minimum absolute atomic E-state index is 0.668. The first kappa shape index (κ1) is 17.2. The van der Waals surface area contributed by atoms with Crippen molar-refractivity contribution in [2.24, 2.45) is 5.10 Å². The van der Waals surface area contributed by atoms with Gasteiger partial charge in [-0.3, -0.25) is 5.43 Å². The first-order valence-electron chi connectivity index (χ1n) is 8.22.